The van der Waals surface area contributed by atoms with Crippen LogP contribution in [0.1, 0.15) is 38.7 Å². The molecule has 1 aromatic carbocycles. The molecule has 0 saturated carbocycles. The Balaban J connectivity index is 1.89. The van der Waals surface area contributed by atoms with Crippen LogP contribution in [-0.4, -0.2) is 42.1 Å². The molecule has 2 aliphatic rings. The van der Waals surface area contributed by atoms with Crippen molar-refractivity contribution >= 4 is 12.0 Å². The number of benzene rings is 1. The van der Waals surface area contributed by atoms with Gasteiger partial charge in [0.25, 0.3) is 0 Å². The van der Waals surface area contributed by atoms with Crippen molar-refractivity contribution in [1.29, 1.82) is 0 Å². The molecule has 5 nitrogen and oxygen atoms in total. The van der Waals surface area contributed by atoms with Gasteiger partial charge in [-0.2, -0.15) is 0 Å². The molecular weight excluding hydrogens is 292 g/mol. The third kappa shape index (κ3) is 2.92. The molecule has 1 aromatic rings. The number of nitrogens with zero attached hydrogens (tertiary/aromatic N) is 1. The number of carbonyl (C=O) groups excluding carboxylic acids is 2. The summed E-state index contributed by atoms with van der Waals surface area (Å²) in [4.78, 5) is 26.7. The number of carbonyl (C=O) groups is 2. The largest absolute Gasteiger partial charge is 0.444 e. The minimum absolute atomic E-state index is 0.0127. The fourth-order valence-electron chi connectivity index (χ4n) is 3.66. The van der Waals surface area contributed by atoms with Gasteiger partial charge in [-0.25, -0.2) is 4.79 Å². The molecule has 23 heavy (non-hydrogen) atoms. The fourth-order valence-corrected chi connectivity index (χ4v) is 3.66. The normalized spacial score (nSPS) is 27.3. The van der Waals surface area contributed by atoms with Crippen molar-refractivity contribution in [2.45, 2.75) is 38.7 Å². The molecule has 0 aliphatic carbocycles. The van der Waals surface area contributed by atoms with E-state index in [-0.39, 0.29) is 17.9 Å². The van der Waals surface area contributed by atoms with E-state index in [2.05, 4.69) is 5.32 Å². The molecule has 3 rings (SSSR count). The second kappa shape index (κ2) is 5.55. The quantitative estimate of drug-likeness (QED) is 0.866. The molecular formula is C18H24N2O3. The summed E-state index contributed by atoms with van der Waals surface area (Å²) in [6.45, 7) is 7.18. The first-order chi connectivity index (χ1) is 10.8. The topological polar surface area (TPSA) is 58.6 Å². The van der Waals surface area contributed by atoms with Gasteiger partial charge in [0.15, 0.2) is 0 Å². The van der Waals surface area contributed by atoms with Crippen LogP contribution in [0.3, 0.4) is 0 Å². The van der Waals surface area contributed by atoms with Crippen LogP contribution in [-0.2, 0) is 9.53 Å². The molecule has 0 bridgehead atoms. The van der Waals surface area contributed by atoms with Crippen LogP contribution in [0.5, 0.6) is 0 Å². The van der Waals surface area contributed by atoms with Gasteiger partial charge in [-0.05, 0) is 32.8 Å². The maximum Gasteiger partial charge on any atom is 0.410 e. The Morgan fingerprint density at radius 3 is 2.57 bits per heavy atom. The van der Waals surface area contributed by atoms with Gasteiger partial charge in [-0.15, -0.1) is 0 Å². The highest BCUT2D eigenvalue weighted by Gasteiger charge is 2.56. The zero-order chi connectivity index (χ0) is 16.7. The van der Waals surface area contributed by atoms with Crippen molar-refractivity contribution in [3.8, 4) is 0 Å². The molecule has 1 N–H and O–H groups in total. The SMILES string of the molecule is CC(C)(C)OC(=O)N1CC(c2ccccc2)C2(CCNC2=O)C1. The average molecular weight is 316 g/mol. The highest BCUT2D eigenvalue weighted by molar-refractivity contribution is 5.87. The first-order valence-corrected chi connectivity index (χ1v) is 8.13. The first-order valence-electron chi connectivity index (χ1n) is 8.13. The minimum Gasteiger partial charge on any atom is -0.444 e. The minimum atomic E-state index is -0.535. The molecule has 2 atom stereocenters. The van der Waals surface area contributed by atoms with Gasteiger partial charge in [0.05, 0.1) is 5.41 Å². The Morgan fingerprint density at radius 1 is 1.30 bits per heavy atom. The van der Waals surface area contributed by atoms with Crippen LogP contribution in [0.4, 0.5) is 4.79 Å². The molecule has 0 radical (unpaired) electrons. The van der Waals surface area contributed by atoms with Gasteiger partial charge in [0, 0.05) is 25.6 Å². The van der Waals surface area contributed by atoms with Crippen molar-refractivity contribution in [2.24, 2.45) is 5.41 Å². The number of nitrogens with one attached hydrogen (secondary N) is 1. The van der Waals surface area contributed by atoms with Crippen molar-refractivity contribution in [3.63, 3.8) is 0 Å². The molecule has 2 amide bonds. The summed E-state index contributed by atoms with van der Waals surface area (Å²) in [6, 6.07) is 10.00. The maximum atomic E-state index is 12.5. The number of rotatable bonds is 1. The van der Waals surface area contributed by atoms with Crippen LogP contribution < -0.4 is 5.32 Å². The maximum absolute atomic E-state index is 12.5. The molecule has 2 saturated heterocycles. The lowest BCUT2D eigenvalue weighted by atomic mass is 9.73. The first kappa shape index (κ1) is 15.8. The zero-order valence-corrected chi connectivity index (χ0v) is 14.0. The molecule has 0 aromatic heterocycles. The average Bonchev–Trinajstić information content (AvgIpc) is 3.04. The van der Waals surface area contributed by atoms with Crippen molar-refractivity contribution in [2.75, 3.05) is 19.6 Å². The summed E-state index contributed by atoms with van der Waals surface area (Å²) in [6.07, 6.45) is 0.417. The highest BCUT2D eigenvalue weighted by atomic mass is 16.6. The molecule has 2 unspecified atom stereocenters. The Labute approximate surface area is 137 Å². The van der Waals surface area contributed by atoms with E-state index in [1.54, 1.807) is 4.90 Å². The summed E-state index contributed by atoms with van der Waals surface area (Å²) in [7, 11) is 0. The van der Waals surface area contributed by atoms with Gasteiger partial charge < -0.3 is 15.0 Å². The molecule has 5 heteroatoms. The fraction of sp³-hybridized carbons (Fsp3) is 0.556. The van der Waals surface area contributed by atoms with Gasteiger partial charge in [0.1, 0.15) is 5.60 Å². The Kier molecular flexibility index (Phi) is 3.82. The lowest BCUT2D eigenvalue weighted by molar-refractivity contribution is -0.127. The number of amides is 2. The van der Waals surface area contributed by atoms with Crippen LogP contribution in [0.15, 0.2) is 30.3 Å². The van der Waals surface area contributed by atoms with Gasteiger partial charge >= 0.3 is 6.09 Å². The van der Waals surface area contributed by atoms with Gasteiger partial charge in [-0.3, -0.25) is 4.79 Å². The molecule has 2 heterocycles. The van der Waals surface area contributed by atoms with E-state index in [1.807, 2.05) is 51.1 Å². The second-order valence-corrected chi connectivity index (χ2v) is 7.49. The summed E-state index contributed by atoms with van der Waals surface area (Å²) < 4.78 is 5.50. The Hall–Kier alpha value is -2.04. The summed E-state index contributed by atoms with van der Waals surface area (Å²) in [5.41, 5.74) is 0.0428. The third-order valence-corrected chi connectivity index (χ3v) is 4.71. The van der Waals surface area contributed by atoms with E-state index in [0.717, 1.165) is 12.0 Å². The Bertz CT molecular complexity index is 608. The highest BCUT2D eigenvalue weighted by Crippen LogP contribution is 2.47. The summed E-state index contributed by atoms with van der Waals surface area (Å²) >= 11 is 0. The number of hydrogen-bond acceptors (Lipinski definition) is 3. The van der Waals surface area contributed by atoms with Crippen molar-refractivity contribution in [1.82, 2.24) is 10.2 Å². The third-order valence-electron chi connectivity index (χ3n) is 4.71. The summed E-state index contributed by atoms with van der Waals surface area (Å²) in [5, 5.41) is 2.94. The second-order valence-electron chi connectivity index (χ2n) is 7.49. The lowest BCUT2D eigenvalue weighted by Gasteiger charge is -2.27. The number of likely N-dealkylation sites (tertiary alicyclic amines) is 1. The smallest absolute Gasteiger partial charge is 0.410 e. The van der Waals surface area contributed by atoms with Crippen LogP contribution >= 0.6 is 0 Å². The van der Waals surface area contributed by atoms with E-state index in [1.165, 1.54) is 0 Å². The van der Waals surface area contributed by atoms with Gasteiger partial charge in [-0.1, -0.05) is 30.3 Å². The lowest BCUT2D eigenvalue weighted by Crippen LogP contribution is -2.40. The van der Waals surface area contributed by atoms with E-state index in [4.69, 9.17) is 4.74 Å². The van der Waals surface area contributed by atoms with Crippen LogP contribution in [0.25, 0.3) is 0 Å². The number of hydrogen-bond donors (Lipinski definition) is 1. The zero-order valence-electron chi connectivity index (χ0n) is 14.0. The van der Waals surface area contributed by atoms with Crippen LogP contribution in [0.2, 0.25) is 0 Å². The standard InChI is InChI=1S/C18H24N2O3/c1-17(2,3)23-16(22)20-11-14(13-7-5-4-6-8-13)18(12-20)9-10-19-15(18)21/h4-8,14H,9-12H2,1-3H3,(H,19,21). The number of ether oxygens (including phenoxy) is 1. The predicted octanol–water partition coefficient (Wildman–Crippen LogP) is 2.53. The summed E-state index contributed by atoms with van der Waals surface area (Å²) in [5.74, 6) is 0.0659. The van der Waals surface area contributed by atoms with E-state index in [0.29, 0.717) is 19.6 Å². The van der Waals surface area contributed by atoms with E-state index < -0.39 is 11.0 Å². The van der Waals surface area contributed by atoms with Crippen molar-refractivity contribution < 1.29 is 14.3 Å². The van der Waals surface area contributed by atoms with E-state index >= 15 is 0 Å². The Morgan fingerprint density at radius 2 is 2.00 bits per heavy atom. The van der Waals surface area contributed by atoms with Crippen molar-refractivity contribution in [3.05, 3.63) is 35.9 Å². The molecule has 2 fully saturated rings. The predicted molar refractivity (Wildman–Crippen MR) is 87.0 cm³/mol. The molecule has 2 aliphatic heterocycles. The van der Waals surface area contributed by atoms with Crippen LogP contribution in [0, 0.1) is 5.41 Å². The molecule has 1 spiro atoms. The van der Waals surface area contributed by atoms with E-state index in [9.17, 15) is 9.59 Å². The molecule has 124 valence electrons. The monoisotopic (exact) mass is 316 g/mol. The van der Waals surface area contributed by atoms with Gasteiger partial charge in [0.2, 0.25) is 5.91 Å².